The molecule has 7 nitrogen and oxygen atoms in total. The summed E-state index contributed by atoms with van der Waals surface area (Å²) in [4.78, 5) is 32.8. The lowest BCUT2D eigenvalue weighted by Gasteiger charge is -2.29. The van der Waals surface area contributed by atoms with Crippen molar-refractivity contribution >= 4 is 40.2 Å². The molecular weight excluding hydrogens is 564 g/mol. The summed E-state index contributed by atoms with van der Waals surface area (Å²) >= 11 is 6.01. The standard InChI is InChI=1S/C29H31ClF4N4O3/c1-37(26(39)10-8-19-4-2-6-24(32)27(19)30)23(5-3-12-38-13-11-29(33,34)18-38)17-41-28(40)36-25-15-21-14-22(31)9-7-20(21)16-35-25/h2,4,6-7,9,14-16,23H,3,5,8,10-13,17-18H2,1H3,(H,35,36,40)/t23-/m0/s1. The number of amides is 2. The number of aromatic nitrogens is 1. The summed E-state index contributed by atoms with van der Waals surface area (Å²) in [7, 11) is 1.57. The van der Waals surface area contributed by atoms with Gasteiger partial charge in [0, 0.05) is 38.0 Å². The normalized spacial score (nSPS) is 15.6. The van der Waals surface area contributed by atoms with E-state index < -0.39 is 29.7 Å². The second-order valence-electron chi connectivity index (χ2n) is 10.2. The fraction of sp³-hybridized carbons (Fsp3) is 0.414. The van der Waals surface area contributed by atoms with Crippen molar-refractivity contribution < 1.29 is 31.9 Å². The third-order valence-electron chi connectivity index (χ3n) is 7.16. The quantitative estimate of drug-likeness (QED) is 0.264. The number of fused-ring (bicyclic) bond motifs is 1. The number of likely N-dealkylation sites (tertiary alicyclic amines) is 1. The van der Waals surface area contributed by atoms with Crippen LogP contribution in [0.25, 0.3) is 10.8 Å². The maximum Gasteiger partial charge on any atom is 0.412 e. The first-order chi connectivity index (χ1) is 19.5. The molecule has 2 amide bonds. The molecule has 41 heavy (non-hydrogen) atoms. The third kappa shape index (κ3) is 8.53. The highest BCUT2D eigenvalue weighted by atomic mass is 35.5. The number of halogens is 5. The average Bonchev–Trinajstić information content (AvgIpc) is 3.28. The van der Waals surface area contributed by atoms with Crippen molar-refractivity contribution in [2.45, 2.75) is 44.1 Å². The molecule has 0 spiro atoms. The van der Waals surface area contributed by atoms with Gasteiger partial charge in [0.15, 0.2) is 0 Å². The molecule has 0 unspecified atom stereocenters. The number of nitrogens with one attached hydrogen (secondary N) is 1. The lowest BCUT2D eigenvalue weighted by Crippen LogP contribution is -2.41. The molecule has 0 aliphatic carbocycles. The molecule has 3 aromatic rings. The molecule has 1 aromatic heterocycles. The highest BCUT2D eigenvalue weighted by Gasteiger charge is 2.37. The van der Waals surface area contributed by atoms with Gasteiger partial charge < -0.3 is 9.64 Å². The van der Waals surface area contributed by atoms with Gasteiger partial charge in [-0.2, -0.15) is 0 Å². The number of alkyl halides is 2. The molecule has 0 radical (unpaired) electrons. The van der Waals surface area contributed by atoms with Crippen LogP contribution >= 0.6 is 11.6 Å². The Morgan fingerprint density at radius 3 is 2.76 bits per heavy atom. The topological polar surface area (TPSA) is 74.8 Å². The van der Waals surface area contributed by atoms with Crippen LogP contribution in [0.4, 0.5) is 28.2 Å². The maximum absolute atomic E-state index is 13.8. The van der Waals surface area contributed by atoms with Crippen LogP contribution in [0, 0.1) is 11.6 Å². The molecule has 2 aromatic carbocycles. The molecule has 2 heterocycles. The third-order valence-corrected chi connectivity index (χ3v) is 7.59. The summed E-state index contributed by atoms with van der Waals surface area (Å²) in [6.45, 7) is 0.245. The number of likely N-dealkylation sites (N-methyl/N-ethyl adjacent to an activating group) is 1. The number of rotatable bonds is 11. The van der Waals surface area contributed by atoms with E-state index in [1.165, 1.54) is 41.4 Å². The second kappa shape index (κ2) is 13.5. The van der Waals surface area contributed by atoms with E-state index in [2.05, 4.69) is 10.3 Å². The van der Waals surface area contributed by atoms with E-state index in [1.807, 2.05) is 0 Å². The van der Waals surface area contributed by atoms with E-state index in [0.717, 1.165) is 0 Å². The highest BCUT2D eigenvalue weighted by molar-refractivity contribution is 6.31. The van der Waals surface area contributed by atoms with Crippen LogP contribution in [0.15, 0.2) is 48.7 Å². The number of anilines is 1. The Balaban J connectivity index is 1.36. The summed E-state index contributed by atoms with van der Waals surface area (Å²) in [5, 5.41) is 3.71. The zero-order chi connectivity index (χ0) is 29.6. The van der Waals surface area contributed by atoms with Crippen LogP contribution in [0.5, 0.6) is 0 Å². The minimum Gasteiger partial charge on any atom is -0.447 e. The van der Waals surface area contributed by atoms with E-state index in [9.17, 15) is 27.2 Å². The Hall–Kier alpha value is -3.44. The summed E-state index contributed by atoms with van der Waals surface area (Å²) in [5.41, 5.74) is 0.498. The summed E-state index contributed by atoms with van der Waals surface area (Å²) in [6, 6.07) is 9.56. The van der Waals surface area contributed by atoms with Crippen molar-refractivity contribution in [3.63, 3.8) is 0 Å². The van der Waals surface area contributed by atoms with Crippen molar-refractivity contribution in [2.75, 3.05) is 38.6 Å². The van der Waals surface area contributed by atoms with Gasteiger partial charge in [-0.1, -0.05) is 23.7 Å². The van der Waals surface area contributed by atoms with Crippen molar-refractivity contribution in [3.8, 4) is 0 Å². The van der Waals surface area contributed by atoms with E-state index >= 15 is 0 Å². The minimum absolute atomic E-state index is 0.0352. The van der Waals surface area contributed by atoms with Crippen molar-refractivity contribution in [2.24, 2.45) is 0 Å². The second-order valence-corrected chi connectivity index (χ2v) is 10.6. The summed E-state index contributed by atoms with van der Waals surface area (Å²) in [5.74, 6) is -3.80. The lowest BCUT2D eigenvalue weighted by atomic mass is 10.1. The highest BCUT2D eigenvalue weighted by Crippen LogP contribution is 2.27. The first-order valence-corrected chi connectivity index (χ1v) is 13.7. The number of aryl methyl sites for hydroxylation is 1. The Labute approximate surface area is 240 Å². The number of hydrogen-bond acceptors (Lipinski definition) is 5. The van der Waals surface area contributed by atoms with Gasteiger partial charge in [0.2, 0.25) is 5.91 Å². The fourth-order valence-electron chi connectivity index (χ4n) is 4.79. The molecule has 12 heteroatoms. The molecule has 220 valence electrons. The number of benzene rings is 2. The summed E-state index contributed by atoms with van der Waals surface area (Å²) in [6.07, 6.45) is 1.64. The van der Waals surface area contributed by atoms with E-state index in [-0.39, 0.29) is 49.2 Å². The lowest BCUT2D eigenvalue weighted by molar-refractivity contribution is -0.133. The smallest absolute Gasteiger partial charge is 0.412 e. The Morgan fingerprint density at radius 1 is 1.20 bits per heavy atom. The molecule has 1 fully saturated rings. The molecule has 1 aliphatic heterocycles. The first kappa shape index (κ1) is 30.5. The van der Waals surface area contributed by atoms with Crippen LogP contribution in [0.3, 0.4) is 0 Å². The number of carbonyl (C=O) groups excluding carboxylic acids is 2. The molecule has 0 saturated carbocycles. The number of pyridine rings is 1. The van der Waals surface area contributed by atoms with Crippen molar-refractivity contribution in [1.29, 1.82) is 0 Å². The first-order valence-electron chi connectivity index (χ1n) is 13.3. The molecule has 1 N–H and O–H groups in total. The number of ether oxygens (including phenoxy) is 1. The van der Waals surface area contributed by atoms with Gasteiger partial charge in [-0.25, -0.2) is 27.3 Å². The monoisotopic (exact) mass is 594 g/mol. The molecular formula is C29H31ClF4N4O3. The maximum atomic E-state index is 13.8. The van der Waals surface area contributed by atoms with Crippen molar-refractivity contribution in [1.82, 2.24) is 14.8 Å². The molecule has 1 aliphatic rings. The van der Waals surface area contributed by atoms with Gasteiger partial charge >= 0.3 is 6.09 Å². The molecule has 4 rings (SSSR count). The van der Waals surface area contributed by atoms with Gasteiger partial charge in [-0.05, 0) is 67.1 Å². The van der Waals surface area contributed by atoms with Crippen molar-refractivity contribution in [3.05, 3.63) is 70.9 Å². The van der Waals surface area contributed by atoms with E-state index in [0.29, 0.717) is 42.3 Å². The number of carbonyl (C=O) groups is 2. The van der Waals surface area contributed by atoms with E-state index in [1.54, 1.807) is 24.1 Å². The number of nitrogens with zero attached hydrogens (tertiary/aromatic N) is 3. The van der Waals surface area contributed by atoms with Gasteiger partial charge in [-0.15, -0.1) is 0 Å². The predicted octanol–water partition coefficient (Wildman–Crippen LogP) is 6.30. The fourth-order valence-corrected chi connectivity index (χ4v) is 5.01. The Bertz CT molecular complexity index is 1390. The molecule has 0 bridgehead atoms. The Morgan fingerprint density at radius 2 is 2.00 bits per heavy atom. The van der Waals surface area contributed by atoms with Gasteiger partial charge in [0.1, 0.15) is 24.1 Å². The summed E-state index contributed by atoms with van der Waals surface area (Å²) < 4.78 is 59.9. The predicted molar refractivity (Wildman–Crippen MR) is 148 cm³/mol. The molecule has 1 atom stereocenters. The number of hydrogen-bond donors (Lipinski definition) is 1. The largest absolute Gasteiger partial charge is 0.447 e. The van der Waals surface area contributed by atoms with Crippen LogP contribution in [-0.4, -0.2) is 72.0 Å². The van der Waals surface area contributed by atoms with Crippen LogP contribution in [-0.2, 0) is 16.0 Å². The molecule has 1 saturated heterocycles. The van der Waals surface area contributed by atoms with Crippen LogP contribution in [0.2, 0.25) is 5.02 Å². The van der Waals surface area contributed by atoms with E-state index in [4.69, 9.17) is 16.3 Å². The minimum atomic E-state index is -2.70. The SMILES string of the molecule is CN(C(=O)CCc1cccc(F)c1Cl)[C@@H](CCCN1CCC(F)(F)C1)COC(=O)Nc1cc2cc(F)ccc2cn1. The van der Waals surface area contributed by atoms with Gasteiger partial charge in [0.05, 0.1) is 17.6 Å². The zero-order valence-electron chi connectivity index (χ0n) is 22.5. The van der Waals surface area contributed by atoms with Crippen LogP contribution in [0.1, 0.15) is 31.2 Å². The average molecular weight is 595 g/mol. The van der Waals surface area contributed by atoms with Crippen LogP contribution < -0.4 is 5.32 Å². The zero-order valence-corrected chi connectivity index (χ0v) is 23.3. The van der Waals surface area contributed by atoms with Gasteiger partial charge in [-0.3, -0.25) is 15.0 Å². The van der Waals surface area contributed by atoms with Gasteiger partial charge in [0.25, 0.3) is 5.92 Å². The Kier molecular flexibility index (Phi) is 10.0.